The lowest BCUT2D eigenvalue weighted by Crippen LogP contribution is -2.12. The summed E-state index contributed by atoms with van der Waals surface area (Å²) in [6.07, 6.45) is 7.53. The van der Waals surface area contributed by atoms with E-state index in [2.05, 4.69) is 38.1 Å². The van der Waals surface area contributed by atoms with Gasteiger partial charge in [-0.3, -0.25) is 0 Å². The molecule has 0 aliphatic heterocycles. The van der Waals surface area contributed by atoms with E-state index in [1.807, 2.05) is 0 Å². The van der Waals surface area contributed by atoms with Crippen molar-refractivity contribution in [1.82, 2.24) is 0 Å². The highest BCUT2D eigenvalue weighted by Gasteiger charge is 2.50. The van der Waals surface area contributed by atoms with Crippen molar-refractivity contribution in [3.05, 3.63) is 57.7 Å². The van der Waals surface area contributed by atoms with Crippen LogP contribution in [0.2, 0.25) is 0 Å². The molecule has 1 aromatic carbocycles. The maximum atomic E-state index is 9.55. The smallest absolute Gasteiger partial charge is 0.0684 e. The molecule has 2 heteroatoms. The Labute approximate surface area is 133 Å². The zero-order chi connectivity index (χ0) is 15.7. The highest BCUT2D eigenvalue weighted by Crippen LogP contribution is 2.61. The SMILES string of the molecule is CCC1=C(CO)C=C2CC2(Cc2ccc(CC)c(CO)c2)C1. The summed E-state index contributed by atoms with van der Waals surface area (Å²) >= 11 is 0. The third-order valence-corrected chi connectivity index (χ3v) is 5.40. The number of aryl methyl sites for hydroxylation is 1. The van der Waals surface area contributed by atoms with Crippen LogP contribution in [0.5, 0.6) is 0 Å². The highest BCUT2D eigenvalue weighted by molar-refractivity contribution is 5.49. The second-order valence-corrected chi connectivity index (χ2v) is 6.74. The molecule has 118 valence electrons. The molecule has 0 bridgehead atoms. The second kappa shape index (κ2) is 6.02. The van der Waals surface area contributed by atoms with E-state index in [-0.39, 0.29) is 13.2 Å². The summed E-state index contributed by atoms with van der Waals surface area (Å²) in [5.74, 6) is 0. The molecule has 1 fully saturated rings. The van der Waals surface area contributed by atoms with Gasteiger partial charge in [0.25, 0.3) is 0 Å². The lowest BCUT2D eigenvalue weighted by molar-refractivity contribution is 0.280. The Kier molecular flexibility index (Phi) is 4.24. The zero-order valence-corrected chi connectivity index (χ0v) is 13.7. The molecule has 1 saturated carbocycles. The first-order valence-electron chi connectivity index (χ1n) is 8.40. The fourth-order valence-corrected chi connectivity index (χ4v) is 3.96. The number of fused-ring (bicyclic) bond motifs is 1. The van der Waals surface area contributed by atoms with Gasteiger partial charge < -0.3 is 10.2 Å². The van der Waals surface area contributed by atoms with E-state index in [0.717, 1.165) is 43.2 Å². The third kappa shape index (κ3) is 2.66. The van der Waals surface area contributed by atoms with Crippen LogP contribution >= 0.6 is 0 Å². The fourth-order valence-electron chi connectivity index (χ4n) is 3.96. The topological polar surface area (TPSA) is 40.5 Å². The van der Waals surface area contributed by atoms with E-state index < -0.39 is 0 Å². The van der Waals surface area contributed by atoms with E-state index in [0.29, 0.717) is 5.41 Å². The van der Waals surface area contributed by atoms with Gasteiger partial charge in [-0.05, 0) is 54.4 Å². The monoisotopic (exact) mass is 298 g/mol. The van der Waals surface area contributed by atoms with Crippen molar-refractivity contribution >= 4 is 0 Å². The minimum Gasteiger partial charge on any atom is -0.392 e. The number of aliphatic hydroxyl groups excluding tert-OH is 2. The van der Waals surface area contributed by atoms with Crippen LogP contribution in [0.1, 0.15) is 49.8 Å². The minimum absolute atomic E-state index is 0.126. The molecule has 0 heterocycles. The first-order valence-corrected chi connectivity index (χ1v) is 8.40. The quantitative estimate of drug-likeness (QED) is 0.840. The molecule has 22 heavy (non-hydrogen) atoms. The normalized spacial score (nSPS) is 23.4. The van der Waals surface area contributed by atoms with Gasteiger partial charge in [-0.2, -0.15) is 0 Å². The van der Waals surface area contributed by atoms with E-state index in [4.69, 9.17) is 0 Å². The van der Waals surface area contributed by atoms with Crippen molar-refractivity contribution < 1.29 is 10.2 Å². The molecule has 2 nitrogen and oxygen atoms in total. The first-order chi connectivity index (χ1) is 10.7. The average Bonchev–Trinajstić information content (AvgIpc) is 3.25. The number of rotatable bonds is 6. The van der Waals surface area contributed by atoms with E-state index >= 15 is 0 Å². The Bertz CT molecular complexity index is 639. The Morgan fingerprint density at radius 2 is 1.82 bits per heavy atom. The van der Waals surface area contributed by atoms with Crippen LogP contribution in [0.15, 0.2) is 41.0 Å². The third-order valence-electron chi connectivity index (χ3n) is 5.40. The lowest BCUT2D eigenvalue weighted by atomic mass is 9.82. The summed E-state index contributed by atoms with van der Waals surface area (Å²) < 4.78 is 0. The van der Waals surface area contributed by atoms with Gasteiger partial charge in [0.2, 0.25) is 0 Å². The van der Waals surface area contributed by atoms with Crippen molar-refractivity contribution in [1.29, 1.82) is 0 Å². The summed E-state index contributed by atoms with van der Waals surface area (Å²) in [4.78, 5) is 0. The highest BCUT2D eigenvalue weighted by atomic mass is 16.3. The first kappa shape index (κ1) is 15.5. The van der Waals surface area contributed by atoms with E-state index in [1.165, 1.54) is 22.3 Å². The maximum absolute atomic E-state index is 9.55. The van der Waals surface area contributed by atoms with E-state index in [1.54, 1.807) is 0 Å². The van der Waals surface area contributed by atoms with Crippen molar-refractivity contribution in [3.63, 3.8) is 0 Å². The molecule has 1 unspecified atom stereocenters. The van der Waals surface area contributed by atoms with E-state index in [9.17, 15) is 10.2 Å². The standard InChI is InChI=1S/C20H26O2/c1-3-15-6-5-14(7-17(15)12-21)9-20-10-16(4-2)18(13-22)8-19(20)11-20/h5-8,21-22H,3-4,9-13H2,1-2H3. The van der Waals surface area contributed by atoms with Gasteiger partial charge in [-0.15, -0.1) is 0 Å². The summed E-state index contributed by atoms with van der Waals surface area (Å²) in [5, 5.41) is 19.1. The van der Waals surface area contributed by atoms with Crippen LogP contribution in [0, 0.1) is 5.41 Å². The molecule has 0 amide bonds. The summed E-state index contributed by atoms with van der Waals surface area (Å²) in [6, 6.07) is 6.57. The number of hydrogen-bond donors (Lipinski definition) is 2. The average molecular weight is 298 g/mol. The Balaban J connectivity index is 1.81. The van der Waals surface area contributed by atoms with Gasteiger partial charge in [0.05, 0.1) is 13.2 Å². The largest absolute Gasteiger partial charge is 0.392 e. The van der Waals surface area contributed by atoms with Crippen LogP contribution in [0.25, 0.3) is 0 Å². The molecule has 1 aromatic rings. The predicted molar refractivity (Wildman–Crippen MR) is 89.6 cm³/mol. The second-order valence-electron chi connectivity index (χ2n) is 6.74. The van der Waals surface area contributed by atoms with Gasteiger partial charge in [0.15, 0.2) is 0 Å². The van der Waals surface area contributed by atoms with Crippen LogP contribution in [0.3, 0.4) is 0 Å². The van der Waals surface area contributed by atoms with Crippen LogP contribution in [-0.4, -0.2) is 16.8 Å². The number of benzene rings is 1. The number of hydrogen-bond acceptors (Lipinski definition) is 2. The Morgan fingerprint density at radius 1 is 1.00 bits per heavy atom. The summed E-state index contributed by atoms with van der Waals surface area (Å²) in [7, 11) is 0. The molecular formula is C20H26O2. The van der Waals surface area contributed by atoms with Crippen molar-refractivity contribution in [2.24, 2.45) is 5.41 Å². The predicted octanol–water partition coefficient (Wildman–Crippen LogP) is 3.70. The molecular weight excluding hydrogens is 272 g/mol. The molecule has 2 aliphatic carbocycles. The summed E-state index contributed by atoms with van der Waals surface area (Å²) in [5.41, 5.74) is 7.99. The Morgan fingerprint density at radius 3 is 2.45 bits per heavy atom. The molecule has 1 atom stereocenters. The molecule has 0 spiro atoms. The maximum Gasteiger partial charge on any atom is 0.0684 e. The van der Waals surface area contributed by atoms with Crippen molar-refractivity contribution in [3.8, 4) is 0 Å². The van der Waals surface area contributed by atoms with Crippen molar-refractivity contribution in [2.75, 3.05) is 6.61 Å². The molecule has 0 aromatic heterocycles. The van der Waals surface area contributed by atoms with Gasteiger partial charge in [-0.1, -0.05) is 49.3 Å². The molecule has 0 saturated heterocycles. The van der Waals surface area contributed by atoms with Gasteiger partial charge in [-0.25, -0.2) is 0 Å². The van der Waals surface area contributed by atoms with Crippen LogP contribution in [-0.2, 0) is 19.4 Å². The number of aliphatic hydroxyl groups is 2. The number of allylic oxidation sites excluding steroid dienone is 2. The molecule has 3 rings (SSSR count). The van der Waals surface area contributed by atoms with Gasteiger partial charge >= 0.3 is 0 Å². The summed E-state index contributed by atoms with van der Waals surface area (Å²) in [6.45, 7) is 4.61. The lowest BCUT2D eigenvalue weighted by Gasteiger charge is -2.23. The van der Waals surface area contributed by atoms with Crippen molar-refractivity contribution in [2.45, 2.75) is 52.6 Å². The van der Waals surface area contributed by atoms with Crippen LogP contribution in [0.4, 0.5) is 0 Å². The fraction of sp³-hybridized carbons (Fsp3) is 0.500. The molecule has 2 aliphatic rings. The molecule has 2 N–H and O–H groups in total. The molecule has 0 radical (unpaired) electrons. The zero-order valence-electron chi connectivity index (χ0n) is 13.7. The van der Waals surface area contributed by atoms with Gasteiger partial charge in [0.1, 0.15) is 0 Å². The van der Waals surface area contributed by atoms with Gasteiger partial charge in [0, 0.05) is 5.41 Å². The van der Waals surface area contributed by atoms with Crippen LogP contribution < -0.4 is 0 Å². The minimum atomic E-state index is 0.126. The Hall–Kier alpha value is -1.38.